The highest BCUT2D eigenvalue weighted by Crippen LogP contribution is 2.39. The Hall–Kier alpha value is -3.87. The second kappa shape index (κ2) is 8.58. The lowest BCUT2D eigenvalue weighted by Crippen LogP contribution is -2.47. The number of urea groups is 1. The lowest BCUT2D eigenvalue weighted by Gasteiger charge is -2.33. The molecular formula is C26H25N3O4. The van der Waals surface area contributed by atoms with E-state index in [2.05, 4.69) is 5.32 Å². The first-order valence-electron chi connectivity index (χ1n) is 11.1. The number of carbonyl (C=O) groups is 3. The largest absolute Gasteiger partial charge is 0.467 e. The van der Waals surface area contributed by atoms with Crippen LogP contribution in [0.3, 0.4) is 0 Å². The third-order valence-electron chi connectivity index (χ3n) is 6.44. The van der Waals surface area contributed by atoms with E-state index in [0.717, 1.165) is 34.4 Å². The van der Waals surface area contributed by atoms with Crippen molar-refractivity contribution in [1.82, 2.24) is 15.1 Å². The standard InChI is InChI=1S/C26H25N3O4/c30-23(28(17-21-12-7-15-33-21)16-19-8-2-1-3-9-19)18-29-24(31)26(27-25(29)32)14-6-11-20-10-4-5-13-22(20)26/h1-5,7-10,12-13,15H,6,11,14,16-18H2,(H,27,32). The van der Waals surface area contributed by atoms with Crippen LogP contribution >= 0.6 is 0 Å². The van der Waals surface area contributed by atoms with Gasteiger partial charge in [0.25, 0.3) is 5.91 Å². The predicted molar refractivity (Wildman–Crippen MR) is 121 cm³/mol. The molecule has 2 aromatic carbocycles. The summed E-state index contributed by atoms with van der Waals surface area (Å²) in [5.74, 6) is -0.0419. The van der Waals surface area contributed by atoms with E-state index in [-0.39, 0.29) is 24.9 Å². The lowest BCUT2D eigenvalue weighted by atomic mass is 9.76. The third kappa shape index (κ3) is 3.91. The number of rotatable bonds is 6. The quantitative estimate of drug-likeness (QED) is 0.590. The highest BCUT2D eigenvalue weighted by Gasteiger charge is 2.54. The van der Waals surface area contributed by atoms with Crippen molar-refractivity contribution in [1.29, 1.82) is 0 Å². The Bertz CT molecular complexity index is 1180. The number of nitrogens with one attached hydrogen (secondary N) is 1. The van der Waals surface area contributed by atoms with Crippen LogP contribution in [0.25, 0.3) is 0 Å². The lowest BCUT2D eigenvalue weighted by molar-refractivity contribution is -0.140. The molecule has 0 radical (unpaired) electrons. The van der Waals surface area contributed by atoms with E-state index in [1.54, 1.807) is 23.3 Å². The molecule has 1 spiro atoms. The molecule has 168 valence electrons. The number of hydrogen-bond donors (Lipinski definition) is 1. The Kier molecular flexibility index (Phi) is 5.46. The van der Waals surface area contributed by atoms with E-state index in [0.29, 0.717) is 18.7 Å². The molecule has 3 aromatic rings. The maximum Gasteiger partial charge on any atom is 0.325 e. The number of furan rings is 1. The van der Waals surface area contributed by atoms with Gasteiger partial charge in [-0.1, -0.05) is 54.6 Å². The molecule has 1 N–H and O–H groups in total. The van der Waals surface area contributed by atoms with Crippen molar-refractivity contribution in [2.24, 2.45) is 0 Å². The molecule has 7 heteroatoms. The Morgan fingerprint density at radius 3 is 2.58 bits per heavy atom. The number of fused-ring (bicyclic) bond motifs is 2. The zero-order valence-electron chi connectivity index (χ0n) is 18.2. The van der Waals surface area contributed by atoms with Crippen LogP contribution in [0, 0.1) is 0 Å². The van der Waals surface area contributed by atoms with Crippen LogP contribution in [0.1, 0.15) is 35.3 Å². The second-order valence-corrected chi connectivity index (χ2v) is 8.55. The molecule has 1 aromatic heterocycles. The minimum atomic E-state index is -1.09. The van der Waals surface area contributed by atoms with Gasteiger partial charge in [-0.05, 0) is 48.1 Å². The fourth-order valence-electron chi connectivity index (χ4n) is 4.82. The number of nitrogens with zero attached hydrogens (tertiary/aromatic N) is 2. The van der Waals surface area contributed by atoms with Crippen LogP contribution in [-0.2, 0) is 34.6 Å². The van der Waals surface area contributed by atoms with Gasteiger partial charge in [-0.15, -0.1) is 0 Å². The SMILES string of the molecule is O=C(CN1C(=O)NC2(CCCc3ccccc32)C1=O)N(Cc1ccccc1)Cc1ccco1. The fourth-order valence-corrected chi connectivity index (χ4v) is 4.82. The monoisotopic (exact) mass is 443 g/mol. The molecule has 5 rings (SSSR count). The summed E-state index contributed by atoms with van der Waals surface area (Å²) in [6.07, 6.45) is 3.75. The van der Waals surface area contributed by atoms with Gasteiger partial charge in [0.15, 0.2) is 0 Å². The molecule has 2 aliphatic rings. The van der Waals surface area contributed by atoms with E-state index in [1.165, 1.54) is 0 Å². The molecule has 1 aliphatic carbocycles. The van der Waals surface area contributed by atoms with E-state index >= 15 is 0 Å². The summed E-state index contributed by atoms with van der Waals surface area (Å²) in [6, 6.07) is 20.4. The maximum atomic E-state index is 13.5. The van der Waals surface area contributed by atoms with E-state index in [9.17, 15) is 14.4 Å². The smallest absolute Gasteiger partial charge is 0.325 e. The van der Waals surface area contributed by atoms with Gasteiger partial charge < -0.3 is 14.6 Å². The van der Waals surface area contributed by atoms with Gasteiger partial charge in [0.1, 0.15) is 17.8 Å². The first-order valence-corrected chi connectivity index (χ1v) is 11.1. The summed E-state index contributed by atoms with van der Waals surface area (Å²) in [4.78, 5) is 42.5. The van der Waals surface area contributed by atoms with Crippen molar-refractivity contribution in [3.8, 4) is 0 Å². The average Bonchev–Trinajstić information content (AvgIpc) is 3.42. The zero-order chi connectivity index (χ0) is 22.8. The molecular weight excluding hydrogens is 418 g/mol. The minimum Gasteiger partial charge on any atom is -0.467 e. The fraction of sp³-hybridized carbons (Fsp3) is 0.269. The molecule has 1 saturated heterocycles. The number of carbonyl (C=O) groups excluding carboxylic acids is 3. The van der Waals surface area contributed by atoms with Crippen molar-refractivity contribution < 1.29 is 18.8 Å². The molecule has 1 fully saturated rings. The summed E-state index contributed by atoms with van der Waals surface area (Å²) in [7, 11) is 0. The molecule has 1 unspecified atom stereocenters. The third-order valence-corrected chi connectivity index (χ3v) is 6.44. The Morgan fingerprint density at radius 1 is 1.00 bits per heavy atom. The van der Waals surface area contributed by atoms with Gasteiger partial charge in [0.2, 0.25) is 5.91 Å². The summed E-state index contributed by atoms with van der Waals surface area (Å²) in [5, 5.41) is 2.91. The van der Waals surface area contributed by atoms with E-state index < -0.39 is 11.6 Å². The van der Waals surface area contributed by atoms with Gasteiger partial charge in [0.05, 0.1) is 12.8 Å². The number of imide groups is 1. The number of aryl methyl sites for hydroxylation is 1. The van der Waals surface area contributed by atoms with Crippen molar-refractivity contribution in [3.63, 3.8) is 0 Å². The molecule has 33 heavy (non-hydrogen) atoms. The summed E-state index contributed by atoms with van der Waals surface area (Å²) < 4.78 is 5.44. The van der Waals surface area contributed by atoms with Crippen LogP contribution in [-0.4, -0.2) is 34.2 Å². The van der Waals surface area contributed by atoms with Gasteiger partial charge >= 0.3 is 6.03 Å². The minimum absolute atomic E-state index is 0.248. The van der Waals surface area contributed by atoms with Crippen LogP contribution in [0.5, 0.6) is 0 Å². The van der Waals surface area contributed by atoms with Gasteiger partial charge in [-0.25, -0.2) is 4.79 Å². The van der Waals surface area contributed by atoms with E-state index in [1.807, 2.05) is 54.6 Å². The van der Waals surface area contributed by atoms with Crippen LogP contribution in [0.2, 0.25) is 0 Å². The van der Waals surface area contributed by atoms with E-state index in [4.69, 9.17) is 4.42 Å². The molecule has 2 heterocycles. The summed E-state index contributed by atoms with van der Waals surface area (Å²) in [6.45, 7) is 0.276. The highest BCUT2D eigenvalue weighted by molar-refractivity contribution is 6.09. The van der Waals surface area contributed by atoms with Crippen molar-refractivity contribution in [2.45, 2.75) is 37.9 Å². The molecule has 1 aliphatic heterocycles. The molecule has 1 atom stereocenters. The highest BCUT2D eigenvalue weighted by atomic mass is 16.3. The van der Waals surface area contributed by atoms with Crippen LogP contribution in [0.4, 0.5) is 4.79 Å². The summed E-state index contributed by atoms with van der Waals surface area (Å²) >= 11 is 0. The zero-order valence-corrected chi connectivity index (χ0v) is 18.2. The molecule has 0 saturated carbocycles. The number of benzene rings is 2. The average molecular weight is 444 g/mol. The first-order chi connectivity index (χ1) is 16.1. The van der Waals surface area contributed by atoms with Gasteiger partial charge in [0, 0.05) is 6.54 Å². The Morgan fingerprint density at radius 2 is 1.79 bits per heavy atom. The Balaban J connectivity index is 1.38. The van der Waals surface area contributed by atoms with Gasteiger partial charge in [-0.2, -0.15) is 0 Å². The molecule has 4 amide bonds. The topological polar surface area (TPSA) is 82.9 Å². The number of hydrogen-bond acceptors (Lipinski definition) is 4. The van der Waals surface area contributed by atoms with Crippen molar-refractivity contribution >= 4 is 17.8 Å². The Labute approximate surface area is 192 Å². The van der Waals surface area contributed by atoms with Crippen molar-refractivity contribution in [3.05, 3.63) is 95.4 Å². The number of amides is 4. The van der Waals surface area contributed by atoms with Crippen LogP contribution in [0.15, 0.2) is 77.4 Å². The molecule has 7 nitrogen and oxygen atoms in total. The summed E-state index contributed by atoms with van der Waals surface area (Å²) in [5.41, 5.74) is 1.76. The normalized spacial score (nSPS) is 19.5. The van der Waals surface area contributed by atoms with Crippen molar-refractivity contribution in [2.75, 3.05) is 6.54 Å². The van der Waals surface area contributed by atoms with Crippen LogP contribution < -0.4 is 5.32 Å². The predicted octanol–water partition coefficient (Wildman–Crippen LogP) is 3.59. The van der Waals surface area contributed by atoms with Gasteiger partial charge in [-0.3, -0.25) is 14.5 Å². The second-order valence-electron chi connectivity index (χ2n) is 8.55. The molecule has 0 bridgehead atoms. The maximum absolute atomic E-state index is 13.5. The first kappa shape index (κ1) is 21.0.